The number of halogens is 1. The molecule has 98 valence electrons. The molecule has 0 fully saturated rings. The first kappa shape index (κ1) is 15.3. The highest BCUT2D eigenvalue weighted by atomic mass is 35.5. The van der Waals surface area contributed by atoms with Crippen molar-refractivity contribution in [3.63, 3.8) is 0 Å². The first-order valence-corrected chi connectivity index (χ1v) is 6.85. The van der Waals surface area contributed by atoms with Crippen LogP contribution in [-0.2, 0) is 0 Å². The van der Waals surface area contributed by atoms with E-state index in [-0.39, 0.29) is 0 Å². The van der Waals surface area contributed by atoms with Crippen LogP contribution < -0.4 is 0 Å². The van der Waals surface area contributed by atoms with Crippen LogP contribution in [-0.4, -0.2) is 5.88 Å². The zero-order chi connectivity index (χ0) is 13.8. The summed E-state index contributed by atoms with van der Waals surface area (Å²) in [4.78, 5) is 0. The third-order valence-electron chi connectivity index (χ3n) is 2.36. The van der Waals surface area contributed by atoms with E-state index >= 15 is 0 Å². The van der Waals surface area contributed by atoms with Gasteiger partial charge in [0.1, 0.15) is 0 Å². The second kappa shape index (κ2) is 10.2. The molecule has 19 heavy (non-hydrogen) atoms. The van der Waals surface area contributed by atoms with Crippen molar-refractivity contribution in [2.75, 3.05) is 5.88 Å². The molecule has 1 heteroatoms. The molecule has 0 aliphatic carbocycles. The Morgan fingerprint density at radius 2 is 1.26 bits per heavy atom. The van der Waals surface area contributed by atoms with Crippen LogP contribution in [0.25, 0.3) is 12.2 Å². The average Bonchev–Trinajstić information content (AvgIpc) is 2.48. The highest BCUT2D eigenvalue weighted by molar-refractivity contribution is 6.19. The fourth-order valence-electron chi connectivity index (χ4n) is 1.50. The van der Waals surface area contributed by atoms with Crippen molar-refractivity contribution < 1.29 is 0 Å². The molecular formula is C18H19Cl. The average molecular weight is 271 g/mol. The zero-order valence-electron chi connectivity index (χ0n) is 11.2. The van der Waals surface area contributed by atoms with E-state index in [1.165, 1.54) is 11.1 Å². The van der Waals surface area contributed by atoms with E-state index in [1.54, 1.807) is 0 Å². The summed E-state index contributed by atoms with van der Waals surface area (Å²) in [6.07, 6.45) is 8.05. The number of allylic oxidation sites excluding steroid dienone is 2. The van der Waals surface area contributed by atoms with Crippen LogP contribution in [0.3, 0.4) is 0 Å². The van der Waals surface area contributed by atoms with Gasteiger partial charge in [-0.25, -0.2) is 0 Å². The predicted molar refractivity (Wildman–Crippen MR) is 87.3 cm³/mol. The van der Waals surface area contributed by atoms with Gasteiger partial charge in [-0.05, 0) is 18.1 Å². The van der Waals surface area contributed by atoms with Gasteiger partial charge in [-0.3, -0.25) is 0 Å². The lowest BCUT2D eigenvalue weighted by atomic mass is 10.2. The molecule has 0 spiro atoms. The van der Waals surface area contributed by atoms with Gasteiger partial charge in [0.25, 0.3) is 0 Å². The summed E-state index contributed by atoms with van der Waals surface area (Å²) in [6.45, 7) is 2.02. The van der Waals surface area contributed by atoms with Gasteiger partial charge in [0.05, 0.1) is 0 Å². The van der Waals surface area contributed by atoms with Gasteiger partial charge in [-0.2, -0.15) is 0 Å². The number of rotatable bonds is 3. The molecule has 0 amide bonds. The molecule has 0 saturated heterocycles. The lowest BCUT2D eigenvalue weighted by Crippen LogP contribution is -1.67. The Morgan fingerprint density at radius 3 is 1.68 bits per heavy atom. The van der Waals surface area contributed by atoms with Gasteiger partial charge < -0.3 is 0 Å². The smallest absolute Gasteiger partial charge is 0.0407 e. The van der Waals surface area contributed by atoms with Crippen molar-refractivity contribution in [1.29, 1.82) is 0 Å². The van der Waals surface area contributed by atoms with Crippen LogP contribution in [0.2, 0.25) is 0 Å². The number of hydrogen-bond acceptors (Lipinski definition) is 0. The van der Waals surface area contributed by atoms with Crippen LogP contribution >= 0.6 is 11.6 Å². The Kier molecular flexibility index (Phi) is 8.17. The Morgan fingerprint density at radius 1 is 0.789 bits per heavy atom. The minimum absolute atomic E-state index is 0.578. The summed E-state index contributed by atoms with van der Waals surface area (Å²) < 4.78 is 0. The lowest BCUT2D eigenvalue weighted by Gasteiger charge is -1.87. The number of benzene rings is 2. The third-order valence-corrected chi connectivity index (χ3v) is 2.54. The van der Waals surface area contributed by atoms with Crippen LogP contribution in [0, 0.1) is 0 Å². The van der Waals surface area contributed by atoms with Gasteiger partial charge in [0.2, 0.25) is 0 Å². The zero-order valence-corrected chi connectivity index (χ0v) is 11.9. The molecule has 0 bridgehead atoms. The van der Waals surface area contributed by atoms with Gasteiger partial charge in [-0.1, -0.05) is 85.0 Å². The Labute approximate surface area is 121 Å². The maximum absolute atomic E-state index is 5.46. The highest BCUT2D eigenvalue weighted by Gasteiger charge is 1.79. The van der Waals surface area contributed by atoms with Crippen LogP contribution in [0.15, 0.2) is 72.8 Å². The van der Waals surface area contributed by atoms with Crippen LogP contribution in [0.4, 0.5) is 0 Å². The molecule has 2 aromatic carbocycles. The van der Waals surface area contributed by atoms with E-state index < -0.39 is 0 Å². The third kappa shape index (κ3) is 7.28. The molecule has 0 aliphatic rings. The Balaban J connectivity index is 0.000000191. The Hall–Kier alpha value is -1.79. The second-order valence-electron chi connectivity index (χ2n) is 3.88. The quantitative estimate of drug-likeness (QED) is 0.632. The molecule has 0 atom stereocenters. The number of alkyl halides is 1. The van der Waals surface area contributed by atoms with Crippen molar-refractivity contribution in [2.24, 2.45) is 0 Å². The van der Waals surface area contributed by atoms with Crippen molar-refractivity contribution in [2.45, 2.75) is 6.92 Å². The fourth-order valence-corrected chi connectivity index (χ4v) is 1.59. The molecule has 0 N–H and O–H groups in total. The van der Waals surface area contributed by atoms with E-state index in [0.29, 0.717) is 5.88 Å². The van der Waals surface area contributed by atoms with Crippen LogP contribution in [0.5, 0.6) is 0 Å². The van der Waals surface area contributed by atoms with E-state index in [0.717, 1.165) is 0 Å². The predicted octanol–water partition coefficient (Wildman–Crippen LogP) is 5.66. The SMILES string of the molecule is CC=Cc1ccccc1.ClCC=Cc1ccccc1. The van der Waals surface area contributed by atoms with E-state index in [4.69, 9.17) is 11.6 Å². The maximum Gasteiger partial charge on any atom is 0.0407 e. The molecule has 0 unspecified atom stereocenters. The second-order valence-corrected chi connectivity index (χ2v) is 4.19. The minimum atomic E-state index is 0.578. The molecule has 2 rings (SSSR count). The largest absolute Gasteiger partial charge is 0.122 e. The highest BCUT2D eigenvalue weighted by Crippen LogP contribution is 2.00. The minimum Gasteiger partial charge on any atom is -0.122 e. The van der Waals surface area contributed by atoms with Gasteiger partial charge in [-0.15, -0.1) is 11.6 Å². The standard InChI is InChI=1S/C9H9Cl.C9H10/c10-8-4-7-9-5-2-1-3-6-9;1-2-6-9-7-4-3-5-8-9/h1-7H,8H2;2-8H,1H3. The van der Waals surface area contributed by atoms with Crippen molar-refractivity contribution in [1.82, 2.24) is 0 Å². The van der Waals surface area contributed by atoms with E-state index in [2.05, 4.69) is 18.2 Å². The molecule has 0 nitrogen and oxygen atoms in total. The van der Waals surface area contributed by atoms with Gasteiger partial charge in [0.15, 0.2) is 0 Å². The topological polar surface area (TPSA) is 0 Å². The molecule has 0 radical (unpaired) electrons. The summed E-state index contributed by atoms with van der Waals surface area (Å²) >= 11 is 5.46. The van der Waals surface area contributed by atoms with Crippen molar-refractivity contribution in [3.05, 3.63) is 83.9 Å². The first-order valence-electron chi connectivity index (χ1n) is 6.32. The fraction of sp³-hybridized carbons (Fsp3) is 0.111. The van der Waals surface area contributed by atoms with Gasteiger partial charge in [0, 0.05) is 5.88 Å². The first-order chi connectivity index (χ1) is 9.36. The van der Waals surface area contributed by atoms with Crippen molar-refractivity contribution >= 4 is 23.8 Å². The molecular weight excluding hydrogens is 252 g/mol. The van der Waals surface area contributed by atoms with E-state index in [9.17, 15) is 0 Å². The lowest BCUT2D eigenvalue weighted by molar-refractivity contribution is 1.64. The summed E-state index contributed by atoms with van der Waals surface area (Å²) in [5, 5.41) is 0. The summed E-state index contributed by atoms with van der Waals surface area (Å²) in [5.41, 5.74) is 2.46. The molecule has 0 heterocycles. The summed E-state index contributed by atoms with van der Waals surface area (Å²) in [6, 6.07) is 20.4. The monoisotopic (exact) mass is 270 g/mol. The number of hydrogen-bond donors (Lipinski definition) is 0. The maximum atomic E-state index is 5.46. The molecule has 0 saturated carbocycles. The molecule has 0 aromatic heterocycles. The van der Waals surface area contributed by atoms with Crippen molar-refractivity contribution in [3.8, 4) is 0 Å². The normalized spacial score (nSPS) is 10.4. The van der Waals surface area contributed by atoms with E-state index in [1.807, 2.05) is 73.7 Å². The van der Waals surface area contributed by atoms with Crippen LogP contribution in [0.1, 0.15) is 18.1 Å². The summed E-state index contributed by atoms with van der Waals surface area (Å²) in [5.74, 6) is 0.578. The molecule has 2 aromatic rings. The molecule has 0 aliphatic heterocycles. The van der Waals surface area contributed by atoms with Gasteiger partial charge >= 0.3 is 0 Å². The summed E-state index contributed by atoms with van der Waals surface area (Å²) in [7, 11) is 0. The Bertz CT molecular complexity index is 484.